The Labute approximate surface area is 303 Å². The summed E-state index contributed by atoms with van der Waals surface area (Å²) in [7, 11) is 2.73. The molecule has 6 rings (SSSR count). The number of aromatic nitrogens is 2. The number of halogens is 5. The molecule has 3 aliphatic heterocycles. The summed E-state index contributed by atoms with van der Waals surface area (Å²) in [6.45, 7) is 4.51. The number of hydrogen-bond donors (Lipinski definition) is 0. The molecule has 15 heteroatoms. The molecule has 3 aromatic rings. The van der Waals surface area contributed by atoms with Crippen LogP contribution in [0.2, 0.25) is 0 Å². The van der Waals surface area contributed by atoms with Crippen LogP contribution in [0.1, 0.15) is 36.0 Å². The van der Waals surface area contributed by atoms with E-state index in [-0.39, 0.29) is 73.0 Å². The molecule has 1 aromatic heterocycles. The summed E-state index contributed by atoms with van der Waals surface area (Å²) in [6, 6.07) is 20.5. The lowest BCUT2D eigenvalue weighted by molar-refractivity contribution is -0.177. The van der Waals surface area contributed by atoms with Crippen LogP contribution in [0.3, 0.4) is 0 Å². The lowest BCUT2D eigenvalue weighted by Crippen LogP contribution is -2.69. The fourth-order valence-electron chi connectivity index (χ4n) is 7.25. The molecule has 0 spiro atoms. The fraction of sp³-hybridized carbons (Fsp3) is 0.514. The minimum absolute atomic E-state index is 0. The molecule has 50 heavy (non-hydrogen) atoms. The number of amides is 1. The van der Waals surface area contributed by atoms with Crippen LogP contribution in [0.25, 0.3) is 0 Å². The zero-order chi connectivity index (χ0) is 33.9. The second kappa shape index (κ2) is 16.8. The topological polar surface area (TPSA) is 89.5 Å². The summed E-state index contributed by atoms with van der Waals surface area (Å²) in [5, 5.41) is 0. The minimum Gasteiger partial charge on any atom is -0.481 e. The summed E-state index contributed by atoms with van der Waals surface area (Å²) in [6.07, 6.45) is -3.86. The molecule has 274 valence electrons. The predicted octanol–water partition coefficient (Wildman–Crippen LogP) is 5.23. The molecule has 0 saturated carbocycles. The molecule has 0 N–H and O–H groups in total. The third kappa shape index (κ3) is 8.39. The largest absolute Gasteiger partial charge is 0.481 e. The maximum atomic E-state index is 13.8. The molecule has 3 aliphatic rings. The van der Waals surface area contributed by atoms with Gasteiger partial charge in [-0.3, -0.25) is 14.6 Å². The first-order valence-corrected chi connectivity index (χ1v) is 16.3. The third-order valence-electron chi connectivity index (χ3n) is 9.79. The lowest BCUT2D eigenvalue weighted by Gasteiger charge is -2.55. The predicted molar refractivity (Wildman–Crippen MR) is 186 cm³/mol. The molecule has 4 heterocycles. The molecule has 0 bridgehead atoms. The highest BCUT2D eigenvalue weighted by molar-refractivity contribution is 5.85. The first-order chi connectivity index (χ1) is 23.1. The molecule has 2 aromatic carbocycles. The normalized spacial score (nSPS) is 20.5. The quantitative estimate of drug-likeness (QED) is 0.262. The van der Waals surface area contributed by atoms with Crippen molar-refractivity contribution in [1.82, 2.24) is 24.7 Å². The van der Waals surface area contributed by atoms with E-state index in [1.54, 1.807) is 0 Å². The van der Waals surface area contributed by atoms with Crippen molar-refractivity contribution in [2.75, 3.05) is 66.8 Å². The van der Waals surface area contributed by atoms with Gasteiger partial charge in [0.25, 0.3) is 0 Å². The van der Waals surface area contributed by atoms with E-state index in [0.717, 1.165) is 11.1 Å². The van der Waals surface area contributed by atoms with Crippen molar-refractivity contribution in [2.45, 2.75) is 44.1 Å². The first kappa shape index (κ1) is 39.4. The number of alkyl halides is 3. The lowest BCUT2D eigenvalue weighted by atomic mass is 9.80. The molecule has 10 nitrogen and oxygen atoms in total. The molecule has 1 amide bonds. The SMILES string of the molecule is CCC1(C(=O)N2CCN3[C@H](CN(Cc4c(OC)nc(OC)nc4OCC(F)(F)F)C[C@H]3C(c3ccccc3)c3ccccc3)C2)COC1.Cl.Cl. The van der Waals surface area contributed by atoms with E-state index >= 15 is 0 Å². The first-order valence-electron chi connectivity index (χ1n) is 16.3. The molecule has 0 aliphatic carbocycles. The average molecular weight is 743 g/mol. The van der Waals surface area contributed by atoms with Gasteiger partial charge in [-0.25, -0.2) is 0 Å². The highest BCUT2D eigenvalue weighted by Gasteiger charge is 2.49. The van der Waals surface area contributed by atoms with Gasteiger partial charge >= 0.3 is 12.2 Å². The molecule has 3 saturated heterocycles. The van der Waals surface area contributed by atoms with Gasteiger partial charge in [-0.05, 0) is 17.5 Å². The summed E-state index contributed by atoms with van der Waals surface area (Å²) < 4.78 is 61.3. The van der Waals surface area contributed by atoms with Gasteiger partial charge in [0.1, 0.15) is 0 Å². The molecule has 0 radical (unpaired) electrons. The third-order valence-corrected chi connectivity index (χ3v) is 9.79. The van der Waals surface area contributed by atoms with Crippen LogP contribution in [0.5, 0.6) is 17.8 Å². The van der Waals surface area contributed by atoms with Crippen molar-refractivity contribution in [2.24, 2.45) is 5.41 Å². The molecule has 2 atom stereocenters. The van der Waals surface area contributed by atoms with Crippen LogP contribution in [-0.4, -0.2) is 116 Å². The zero-order valence-corrected chi connectivity index (χ0v) is 29.9. The van der Waals surface area contributed by atoms with Crippen LogP contribution in [0.4, 0.5) is 13.2 Å². The Morgan fingerprint density at radius 2 is 1.54 bits per heavy atom. The number of nitrogens with zero attached hydrogens (tertiary/aromatic N) is 5. The van der Waals surface area contributed by atoms with E-state index in [2.05, 4.69) is 44.0 Å². The number of piperazine rings is 2. The molecule has 3 fully saturated rings. The smallest absolute Gasteiger partial charge is 0.422 e. The summed E-state index contributed by atoms with van der Waals surface area (Å²) >= 11 is 0. The van der Waals surface area contributed by atoms with E-state index < -0.39 is 18.2 Å². The summed E-state index contributed by atoms with van der Waals surface area (Å²) in [5.41, 5.74) is 2.13. The average Bonchev–Trinajstić information content (AvgIpc) is 3.07. The Morgan fingerprint density at radius 3 is 2.06 bits per heavy atom. The van der Waals surface area contributed by atoms with E-state index in [1.165, 1.54) is 14.2 Å². The Morgan fingerprint density at radius 1 is 0.920 bits per heavy atom. The number of hydrogen-bond acceptors (Lipinski definition) is 9. The second-order valence-electron chi connectivity index (χ2n) is 12.7. The van der Waals surface area contributed by atoms with Crippen LogP contribution in [-0.2, 0) is 16.1 Å². The highest BCUT2D eigenvalue weighted by Crippen LogP contribution is 2.39. The number of benzene rings is 2. The van der Waals surface area contributed by atoms with Gasteiger partial charge in [-0.2, -0.15) is 23.1 Å². The van der Waals surface area contributed by atoms with Gasteiger partial charge < -0.3 is 23.8 Å². The Bertz CT molecular complexity index is 1510. The van der Waals surface area contributed by atoms with Gasteiger partial charge in [-0.15, -0.1) is 24.8 Å². The van der Waals surface area contributed by atoms with Crippen LogP contribution >= 0.6 is 24.8 Å². The van der Waals surface area contributed by atoms with E-state index in [4.69, 9.17) is 18.9 Å². The van der Waals surface area contributed by atoms with Gasteiger partial charge in [0.2, 0.25) is 17.7 Å². The standard InChI is InChI=1S/C35H42F3N5O5.2ClH/c1-4-34(21-47-22-34)32(44)42-15-16-43-26(18-42)17-41(19-27-30(45-2)39-33(46-3)40-31(27)48-23-35(36,37)38)20-28(43)29(24-11-7-5-8-12-24)25-13-9-6-10-14-25;;/h5-14,26,28-29H,4,15-23H2,1-3H3;2*1H/t26-,28+;;/m1../s1. The number of ether oxygens (including phenoxy) is 4. The van der Waals surface area contributed by atoms with Gasteiger partial charge in [0.05, 0.1) is 38.4 Å². The van der Waals surface area contributed by atoms with Crippen LogP contribution in [0.15, 0.2) is 60.7 Å². The van der Waals surface area contributed by atoms with Crippen LogP contribution < -0.4 is 14.2 Å². The van der Waals surface area contributed by atoms with E-state index in [9.17, 15) is 18.0 Å². The maximum absolute atomic E-state index is 13.8. The maximum Gasteiger partial charge on any atom is 0.422 e. The second-order valence-corrected chi connectivity index (χ2v) is 12.7. The number of fused-ring (bicyclic) bond motifs is 1. The highest BCUT2D eigenvalue weighted by atomic mass is 35.5. The van der Waals surface area contributed by atoms with Crippen molar-refractivity contribution >= 4 is 30.7 Å². The van der Waals surface area contributed by atoms with Crippen molar-refractivity contribution in [3.8, 4) is 17.8 Å². The van der Waals surface area contributed by atoms with Crippen LogP contribution in [0, 0.1) is 5.41 Å². The molecular weight excluding hydrogens is 698 g/mol. The number of methoxy groups -OCH3 is 2. The number of carbonyl (C=O) groups excluding carboxylic acids is 1. The Kier molecular flexibility index (Phi) is 13.2. The van der Waals surface area contributed by atoms with E-state index in [0.29, 0.717) is 57.9 Å². The Balaban J connectivity index is 0.00000281. The van der Waals surface area contributed by atoms with Crippen molar-refractivity contribution in [3.63, 3.8) is 0 Å². The molecular formula is C35H44Cl2F3N5O5. The number of rotatable bonds is 11. The van der Waals surface area contributed by atoms with Gasteiger partial charge in [0.15, 0.2) is 6.61 Å². The van der Waals surface area contributed by atoms with Crippen molar-refractivity contribution < 1.29 is 36.9 Å². The molecule has 0 unspecified atom stereocenters. The zero-order valence-electron chi connectivity index (χ0n) is 28.3. The van der Waals surface area contributed by atoms with Crippen molar-refractivity contribution in [3.05, 3.63) is 77.4 Å². The summed E-state index contributed by atoms with van der Waals surface area (Å²) in [5.74, 6) is -0.0544. The Hall–Kier alpha value is -3.36. The van der Waals surface area contributed by atoms with Crippen molar-refractivity contribution in [1.29, 1.82) is 0 Å². The number of carbonyl (C=O) groups is 1. The van der Waals surface area contributed by atoms with E-state index in [1.807, 2.05) is 48.2 Å². The van der Waals surface area contributed by atoms with Gasteiger partial charge in [-0.1, -0.05) is 67.6 Å². The fourth-order valence-corrected chi connectivity index (χ4v) is 7.25. The summed E-state index contributed by atoms with van der Waals surface area (Å²) in [4.78, 5) is 29.0. The monoisotopic (exact) mass is 741 g/mol. The van der Waals surface area contributed by atoms with Gasteiger partial charge in [0, 0.05) is 57.3 Å². The minimum atomic E-state index is -4.57.